The number of halogens is 4. The Bertz CT molecular complexity index is 1140. The van der Waals surface area contributed by atoms with Gasteiger partial charge in [-0.15, -0.1) is 0 Å². The molecule has 5 nitrogen and oxygen atoms in total. The summed E-state index contributed by atoms with van der Waals surface area (Å²) in [6.45, 7) is 2.38. The van der Waals surface area contributed by atoms with Gasteiger partial charge in [-0.25, -0.2) is 4.39 Å². The van der Waals surface area contributed by atoms with Gasteiger partial charge >= 0.3 is 6.18 Å². The number of aliphatic hydroxyl groups is 1. The maximum absolute atomic E-state index is 15.0. The summed E-state index contributed by atoms with van der Waals surface area (Å²) >= 11 is 0. The highest BCUT2D eigenvalue weighted by Crippen LogP contribution is 2.53. The number of ether oxygens (including phenoxy) is 1. The van der Waals surface area contributed by atoms with Gasteiger partial charge in [0.15, 0.2) is 0 Å². The van der Waals surface area contributed by atoms with Gasteiger partial charge in [-0.2, -0.15) is 13.2 Å². The predicted octanol–water partition coefficient (Wildman–Crippen LogP) is 5.91. The molecule has 212 valence electrons. The molecule has 2 saturated heterocycles. The molecule has 1 aliphatic carbocycles. The van der Waals surface area contributed by atoms with Gasteiger partial charge in [0.05, 0.1) is 24.7 Å². The van der Waals surface area contributed by atoms with Crippen molar-refractivity contribution in [3.8, 4) is 16.9 Å². The molecule has 2 aliphatic heterocycles. The molecular formula is C30H36F4N2O3. The fourth-order valence-corrected chi connectivity index (χ4v) is 6.16. The van der Waals surface area contributed by atoms with Crippen LogP contribution in [0, 0.1) is 17.2 Å². The number of alkyl halides is 3. The van der Waals surface area contributed by atoms with Crippen LogP contribution in [0.1, 0.15) is 55.3 Å². The zero-order valence-corrected chi connectivity index (χ0v) is 22.1. The van der Waals surface area contributed by atoms with Gasteiger partial charge in [-0.1, -0.05) is 24.6 Å². The van der Waals surface area contributed by atoms with Crippen LogP contribution < -0.4 is 4.74 Å². The molecule has 39 heavy (non-hydrogen) atoms. The number of amides is 1. The third kappa shape index (κ3) is 5.94. The molecule has 0 radical (unpaired) electrons. The molecule has 1 unspecified atom stereocenters. The molecule has 0 aromatic heterocycles. The van der Waals surface area contributed by atoms with Crippen LogP contribution in [0.15, 0.2) is 42.5 Å². The molecule has 1 N–H and O–H groups in total. The molecule has 5 rings (SSSR count). The van der Waals surface area contributed by atoms with E-state index < -0.39 is 17.4 Å². The second-order valence-electron chi connectivity index (χ2n) is 11.4. The van der Waals surface area contributed by atoms with Crippen molar-refractivity contribution in [2.45, 2.75) is 57.2 Å². The number of piperidine rings is 1. The quantitative estimate of drug-likeness (QED) is 0.417. The van der Waals surface area contributed by atoms with Crippen LogP contribution in [0.2, 0.25) is 0 Å². The van der Waals surface area contributed by atoms with Crippen LogP contribution in [-0.2, 0) is 0 Å². The predicted molar refractivity (Wildman–Crippen MR) is 140 cm³/mol. The number of carbonyl (C=O) groups is 1. The molecule has 3 aliphatic rings. The van der Waals surface area contributed by atoms with Gasteiger partial charge in [0.2, 0.25) is 0 Å². The van der Waals surface area contributed by atoms with Crippen LogP contribution >= 0.6 is 0 Å². The van der Waals surface area contributed by atoms with Crippen molar-refractivity contribution in [2.24, 2.45) is 11.3 Å². The Hall–Kier alpha value is -2.65. The molecule has 9 heteroatoms. The Labute approximate surface area is 226 Å². The van der Waals surface area contributed by atoms with Crippen molar-refractivity contribution < 1.29 is 32.2 Å². The number of hydrogen-bond acceptors (Lipinski definition) is 4. The van der Waals surface area contributed by atoms with Crippen molar-refractivity contribution in [3.05, 3.63) is 53.8 Å². The zero-order chi connectivity index (χ0) is 27.6. The second-order valence-corrected chi connectivity index (χ2v) is 11.4. The number of rotatable bonds is 8. The lowest BCUT2D eigenvalue weighted by molar-refractivity contribution is -0.256. The highest BCUT2D eigenvalue weighted by atomic mass is 19.4. The molecule has 1 atom stereocenters. The number of nitrogens with zero attached hydrogens (tertiary/aromatic N) is 2. The van der Waals surface area contributed by atoms with Crippen LogP contribution in [0.5, 0.6) is 5.75 Å². The van der Waals surface area contributed by atoms with Gasteiger partial charge in [0, 0.05) is 24.2 Å². The molecular weight excluding hydrogens is 512 g/mol. The monoisotopic (exact) mass is 548 g/mol. The molecule has 3 fully saturated rings. The molecule has 1 saturated carbocycles. The Kier molecular flexibility index (Phi) is 8.19. The largest absolute Gasteiger partial charge is 0.493 e. The standard InChI is InChI=1S/C30H36F4N2O3/c31-27-17-23(28(38)36-14-1-3-24(36)18-37)6-9-26(27)22-4-7-25(8-5-22)39-19-21-10-15-35(16-11-21)20-29(12-2-13-29)30(32,33)34/h4-9,17,21,24,37H,1-3,10-16,18-20H2. The smallest absolute Gasteiger partial charge is 0.395 e. The minimum atomic E-state index is -4.13. The van der Waals surface area contributed by atoms with Crippen molar-refractivity contribution >= 4 is 5.91 Å². The summed E-state index contributed by atoms with van der Waals surface area (Å²) in [4.78, 5) is 16.4. The van der Waals surface area contributed by atoms with E-state index in [1.807, 2.05) is 4.90 Å². The van der Waals surface area contributed by atoms with Crippen LogP contribution in [0.4, 0.5) is 17.6 Å². The summed E-state index contributed by atoms with van der Waals surface area (Å²) in [7, 11) is 0. The van der Waals surface area contributed by atoms with Gasteiger partial charge in [-0.3, -0.25) is 4.79 Å². The van der Waals surface area contributed by atoms with E-state index in [-0.39, 0.29) is 49.4 Å². The van der Waals surface area contributed by atoms with Gasteiger partial charge in [0.1, 0.15) is 11.6 Å². The first kappa shape index (κ1) is 27.9. The first-order valence-corrected chi connectivity index (χ1v) is 13.9. The maximum atomic E-state index is 15.0. The topological polar surface area (TPSA) is 53.0 Å². The molecule has 0 bridgehead atoms. The minimum Gasteiger partial charge on any atom is -0.493 e. The molecule has 1 amide bonds. The number of carbonyl (C=O) groups excluding carboxylic acids is 1. The molecule has 2 aromatic carbocycles. The number of hydrogen-bond donors (Lipinski definition) is 1. The van der Waals surface area contributed by atoms with E-state index in [0.29, 0.717) is 49.5 Å². The van der Waals surface area contributed by atoms with Gasteiger partial charge < -0.3 is 19.6 Å². The van der Waals surface area contributed by atoms with Crippen LogP contribution in [-0.4, -0.2) is 72.4 Å². The average molecular weight is 549 g/mol. The van der Waals surface area contributed by atoms with E-state index in [1.165, 1.54) is 6.07 Å². The normalized spacial score (nSPS) is 22.1. The Morgan fingerprint density at radius 2 is 1.72 bits per heavy atom. The first-order chi connectivity index (χ1) is 18.7. The van der Waals surface area contributed by atoms with Gasteiger partial charge in [-0.05, 0) is 87.4 Å². The average Bonchev–Trinajstić information content (AvgIpc) is 3.38. The van der Waals surface area contributed by atoms with Crippen molar-refractivity contribution in [1.82, 2.24) is 9.80 Å². The lowest BCUT2D eigenvalue weighted by Gasteiger charge is -2.47. The lowest BCUT2D eigenvalue weighted by atomic mass is 9.67. The summed E-state index contributed by atoms with van der Waals surface area (Å²) in [6.07, 6.45) is 0.198. The van der Waals surface area contributed by atoms with Crippen LogP contribution in [0.25, 0.3) is 11.1 Å². The van der Waals surface area contributed by atoms with Gasteiger partial charge in [0.25, 0.3) is 5.91 Å². The summed E-state index contributed by atoms with van der Waals surface area (Å²) in [6, 6.07) is 11.4. The van der Waals surface area contributed by atoms with E-state index >= 15 is 0 Å². The van der Waals surface area contributed by atoms with Crippen molar-refractivity contribution in [2.75, 3.05) is 39.4 Å². The van der Waals surface area contributed by atoms with Crippen molar-refractivity contribution in [1.29, 1.82) is 0 Å². The highest BCUT2D eigenvalue weighted by Gasteiger charge is 2.58. The molecule has 2 heterocycles. The highest BCUT2D eigenvalue weighted by molar-refractivity contribution is 5.95. The third-order valence-corrected chi connectivity index (χ3v) is 8.86. The number of likely N-dealkylation sites (tertiary alicyclic amines) is 2. The second kappa shape index (κ2) is 11.5. The Morgan fingerprint density at radius 3 is 2.31 bits per heavy atom. The summed E-state index contributed by atoms with van der Waals surface area (Å²) in [5, 5.41) is 9.48. The van der Waals surface area contributed by atoms with E-state index in [4.69, 9.17) is 4.74 Å². The molecule has 2 aromatic rings. The summed E-state index contributed by atoms with van der Waals surface area (Å²) in [5.41, 5.74) is -0.196. The van der Waals surface area contributed by atoms with E-state index in [2.05, 4.69) is 0 Å². The SMILES string of the molecule is O=C(c1ccc(-c2ccc(OCC3CCN(CC4(C(F)(F)F)CCC4)CC3)cc2)c(F)c1)N1CCCC1CO. The lowest BCUT2D eigenvalue weighted by Crippen LogP contribution is -2.53. The fraction of sp³-hybridized carbons (Fsp3) is 0.567. The Morgan fingerprint density at radius 1 is 1.00 bits per heavy atom. The number of aliphatic hydroxyl groups excluding tert-OH is 1. The first-order valence-electron chi connectivity index (χ1n) is 13.9. The fourth-order valence-electron chi connectivity index (χ4n) is 6.16. The number of benzene rings is 2. The Balaban J connectivity index is 1.12. The van der Waals surface area contributed by atoms with Crippen molar-refractivity contribution in [3.63, 3.8) is 0 Å². The molecule has 0 spiro atoms. The van der Waals surface area contributed by atoms with E-state index in [1.54, 1.807) is 41.3 Å². The summed E-state index contributed by atoms with van der Waals surface area (Å²) < 4.78 is 61.4. The minimum absolute atomic E-state index is 0.0947. The summed E-state index contributed by atoms with van der Waals surface area (Å²) in [5.74, 6) is 0.181. The van der Waals surface area contributed by atoms with E-state index in [0.717, 1.165) is 25.7 Å². The zero-order valence-electron chi connectivity index (χ0n) is 22.1. The maximum Gasteiger partial charge on any atom is 0.395 e. The van der Waals surface area contributed by atoms with Crippen LogP contribution in [0.3, 0.4) is 0 Å². The van der Waals surface area contributed by atoms with E-state index in [9.17, 15) is 27.5 Å². The third-order valence-electron chi connectivity index (χ3n) is 8.86.